The molecule has 1 fully saturated rings. The number of hydrogen-bond acceptors (Lipinski definition) is 3. The Morgan fingerprint density at radius 1 is 1.42 bits per heavy atom. The normalized spacial score (nSPS) is 14.8. The maximum atomic E-state index is 12.4. The van der Waals surface area contributed by atoms with Gasteiger partial charge >= 0.3 is 0 Å². The Hall–Kier alpha value is -1.55. The monoisotopic (exact) mass is 263 g/mol. The van der Waals surface area contributed by atoms with Crippen molar-refractivity contribution in [3.05, 3.63) is 29.8 Å². The second-order valence-corrected chi connectivity index (χ2v) is 4.78. The summed E-state index contributed by atoms with van der Waals surface area (Å²) in [7, 11) is 0. The van der Waals surface area contributed by atoms with Crippen molar-refractivity contribution in [3.63, 3.8) is 0 Å². The standard InChI is InChI=1S/C15H21NO3/c1-2-16(10-11-17)15(18)13-8-3-4-9-14(13)19-12-6-5-7-12/h3-4,8-9,12,17H,2,5-7,10-11H2,1H3. The van der Waals surface area contributed by atoms with E-state index in [2.05, 4.69) is 0 Å². The van der Waals surface area contributed by atoms with Crippen molar-refractivity contribution in [2.24, 2.45) is 0 Å². The Morgan fingerprint density at radius 3 is 2.74 bits per heavy atom. The third kappa shape index (κ3) is 3.26. The Bertz CT molecular complexity index is 429. The summed E-state index contributed by atoms with van der Waals surface area (Å²) in [5, 5.41) is 9.00. The molecule has 4 heteroatoms. The van der Waals surface area contributed by atoms with Crippen LogP contribution in [0.5, 0.6) is 5.75 Å². The summed E-state index contributed by atoms with van der Waals surface area (Å²) in [6, 6.07) is 7.36. The number of likely N-dealkylation sites (N-methyl/N-ethyl adjacent to an activating group) is 1. The van der Waals surface area contributed by atoms with Crippen molar-refractivity contribution in [2.75, 3.05) is 19.7 Å². The molecular weight excluding hydrogens is 242 g/mol. The van der Waals surface area contributed by atoms with Gasteiger partial charge in [-0.25, -0.2) is 0 Å². The first-order chi connectivity index (χ1) is 9.26. The van der Waals surface area contributed by atoms with Crippen molar-refractivity contribution in [2.45, 2.75) is 32.3 Å². The van der Waals surface area contributed by atoms with Crippen LogP contribution in [0.4, 0.5) is 0 Å². The fourth-order valence-electron chi connectivity index (χ4n) is 2.11. The van der Waals surface area contributed by atoms with Crippen LogP contribution in [0.1, 0.15) is 36.5 Å². The molecule has 0 radical (unpaired) electrons. The van der Waals surface area contributed by atoms with Crippen LogP contribution >= 0.6 is 0 Å². The molecule has 0 aliphatic heterocycles. The van der Waals surface area contributed by atoms with Gasteiger partial charge in [0.2, 0.25) is 0 Å². The number of carbonyl (C=O) groups is 1. The molecule has 1 aliphatic carbocycles. The Morgan fingerprint density at radius 2 is 2.16 bits per heavy atom. The van der Waals surface area contributed by atoms with E-state index in [4.69, 9.17) is 9.84 Å². The summed E-state index contributed by atoms with van der Waals surface area (Å²) in [5.74, 6) is 0.583. The maximum absolute atomic E-state index is 12.4. The first-order valence-electron chi connectivity index (χ1n) is 6.92. The molecule has 104 valence electrons. The Kier molecular flexibility index (Phi) is 4.80. The molecule has 1 saturated carbocycles. The van der Waals surface area contributed by atoms with Crippen molar-refractivity contribution >= 4 is 5.91 Å². The smallest absolute Gasteiger partial charge is 0.257 e. The minimum atomic E-state index is -0.0773. The molecule has 19 heavy (non-hydrogen) atoms. The number of amides is 1. The molecule has 4 nitrogen and oxygen atoms in total. The second kappa shape index (κ2) is 6.57. The molecule has 1 aromatic rings. The van der Waals surface area contributed by atoms with Crippen LogP contribution in [0.25, 0.3) is 0 Å². The van der Waals surface area contributed by atoms with Crippen LogP contribution in [-0.2, 0) is 0 Å². The zero-order valence-corrected chi connectivity index (χ0v) is 11.3. The van der Waals surface area contributed by atoms with Gasteiger partial charge in [-0.1, -0.05) is 12.1 Å². The fourth-order valence-corrected chi connectivity index (χ4v) is 2.11. The number of para-hydroxylation sites is 1. The summed E-state index contributed by atoms with van der Waals surface area (Å²) in [4.78, 5) is 14.0. The predicted molar refractivity (Wildman–Crippen MR) is 73.4 cm³/mol. The summed E-state index contributed by atoms with van der Waals surface area (Å²) in [6.45, 7) is 2.82. The minimum Gasteiger partial charge on any atom is -0.490 e. The highest BCUT2D eigenvalue weighted by atomic mass is 16.5. The zero-order valence-electron chi connectivity index (χ0n) is 11.3. The van der Waals surface area contributed by atoms with E-state index < -0.39 is 0 Å². The van der Waals surface area contributed by atoms with Crippen LogP contribution in [0.2, 0.25) is 0 Å². The summed E-state index contributed by atoms with van der Waals surface area (Å²) in [5.41, 5.74) is 0.588. The lowest BCUT2D eigenvalue weighted by atomic mass is 9.96. The topological polar surface area (TPSA) is 49.8 Å². The highest BCUT2D eigenvalue weighted by Gasteiger charge is 2.23. The van der Waals surface area contributed by atoms with Gasteiger partial charge in [-0.3, -0.25) is 4.79 Å². The summed E-state index contributed by atoms with van der Waals surface area (Å²) in [6.07, 6.45) is 3.58. The van der Waals surface area contributed by atoms with Gasteiger partial charge in [-0.05, 0) is 38.3 Å². The predicted octanol–water partition coefficient (Wildman–Crippen LogP) is 2.07. The molecule has 0 bridgehead atoms. The van der Waals surface area contributed by atoms with Crippen LogP contribution in [0.15, 0.2) is 24.3 Å². The van der Waals surface area contributed by atoms with E-state index in [1.807, 2.05) is 25.1 Å². The molecule has 0 heterocycles. The number of nitrogens with zero attached hydrogens (tertiary/aromatic N) is 1. The molecule has 0 atom stereocenters. The SMILES string of the molecule is CCN(CCO)C(=O)c1ccccc1OC1CCC1. The molecule has 0 spiro atoms. The van der Waals surface area contributed by atoms with Gasteiger partial charge < -0.3 is 14.7 Å². The summed E-state index contributed by atoms with van der Waals surface area (Å²) >= 11 is 0. The van der Waals surface area contributed by atoms with Crippen LogP contribution < -0.4 is 4.74 Å². The third-order valence-corrected chi connectivity index (χ3v) is 3.50. The average Bonchev–Trinajstić information content (AvgIpc) is 2.40. The lowest BCUT2D eigenvalue weighted by molar-refractivity contribution is 0.0714. The number of aliphatic hydroxyl groups excluding tert-OH is 1. The molecule has 1 aliphatic rings. The second-order valence-electron chi connectivity index (χ2n) is 4.78. The van der Waals surface area contributed by atoms with Gasteiger partial charge in [0.05, 0.1) is 18.3 Å². The first-order valence-corrected chi connectivity index (χ1v) is 6.92. The number of hydrogen-bond donors (Lipinski definition) is 1. The molecule has 1 amide bonds. The highest BCUT2D eigenvalue weighted by Crippen LogP contribution is 2.28. The van der Waals surface area contributed by atoms with Crippen molar-refractivity contribution in [3.8, 4) is 5.75 Å². The zero-order chi connectivity index (χ0) is 13.7. The maximum Gasteiger partial charge on any atom is 0.257 e. The van der Waals surface area contributed by atoms with Gasteiger partial charge in [0.15, 0.2) is 0 Å². The quantitative estimate of drug-likeness (QED) is 0.854. The van der Waals surface area contributed by atoms with E-state index in [-0.39, 0.29) is 18.6 Å². The minimum absolute atomic E-state index is 0.0226. The fraction of sp³-hybridized carbons (Fsp3) is 0.533. The lowest BCUT2D eigenvalue weighted by Crippen LogP contribution is -2.34. The largest absolute Gasteiger partial charge is 0.490 e. The number of rotatable bonds is 6. The van der Waals surface area contributed by atoms with Gasteiger partial charge in [-0.2, -0.15) is 0 Å². The third-order valence-electron chi connectivity index (χ3n) is 3.50. The molecule has 0 saturated heterocycles. The van der Waals surface area contributed by atoms with E-state index in [0.29, 0.717) is 24.4 Å². The van der Waals surface area contributed by atoms with Crippen molar-refractivity contribution in [1.29, 1.82) is 0 Å². The molecule has 2 rings (SSSR count). The van der Waals surface area contributed by atoms with Gasteiger partial charge in [0.1, 0.15) is 5.75 Å². The number of benzene rings is 1. The van der Waals surface area contributed by atoms with E-state index in [0.717, 1.165) is 12.8 Å². The van der Waals surface area contributed by atoms with E-state index in [1.165, 1.54) is 6.42 Å². The Balaban J connectivity index is 2.15. The van der Waals surface area contributed by atoms with Gasteiger partial charge in [-0.15, -0.1) is 0 Å². The van der Waals surface area contributed by atoms with Crippen molar-refractivity contribution in [1.82, 2.24) is 4.90 Å². The summed E-state index contributed by atoms with van der Waals surface area (Å²) < 4.78 is 5.87. The van der Waals surface area contributed by atoms with Crippen LogP contribution in [-0.4, -0.2) is 41.7 Å². The average molecular weight is 263 g/mol. The Labute approximate surface area is 114 Å². The van der Waals surface area contributed by atoms with Crippen molar-refractivity contribution < 1.29 is 14.6 Å². The number of aliphatic hydroxyl groups is 1. The van der Waals surface area contributed by atoms with Crippen LogP contribution in [0.3, 0.4) is 0 Å². The van der Waals surface area contributed by atoms with Gasteiger partial charge in [0.25, 0.3) is 5.91 Å². The van der Waals surface area contributed by atoms with Crippen LogP contribution in [0, 0.1) is 0 Å². The number of ether oxygens (including phenoxy) is 1. The molecule has 1 aromatic carbocycles. The number of carbonyl (C=O) groups excluding carboxylic acids is 1. The molecule has 0 unspecified atom stereocenters. The van der Waals surface area contributed by atoms with E-state index in [9.17, 15) is 4.79 Å². The highest BCUT2D eigenvalue weighted by molar-refractivity contribution is 5.96. The van der Waals surface area contributed by atoms with E-state index in [1.54, 1.807) is 11.0 Å². The van der Waals surface area contributed by atoms with E-state index >= 15 is 0 Å². The van der Waals surface area contributed by atoms with Gasteiger partial charge in [0, 0.05) is 13.1 Å². The first kappa shape index (κ1) is 13.9. The molecular formula is C15H21NO3. The lowest BCUT2D eigenvalue weighted by Gasteiger charge is -2.28. The molecule has 1 N–H and O–H groups in total. The molecule has 0 aromatic heterocycles.